The first-order chi connectivity index (χ1) is 6.86. The molecule has 0 aliphatic carbocycles. The number of fused-ring (bicyclic) bond motifs is 1. The van der Waals surface area contributed by atoms with Crippen LogP contribution in [-0.2, 0) is 6.42 Å². The molecule has 0 amide bonds. The third kappa shape index (κ3) is 1.49. The molecule has 0 saturated heterocycles. The second-order valence-corrected chi connectivity index (χ2v) is 4.07. The van der Waals surface area contributed by atoms with Gasteiger partial charge in [-0.2, -0.15) is 0 Å². The standard InChI is InChI=1S/C11H13NOS/c1-13-10-2-3-11-9(5-7-14-11)8(10)4-6-12/h2-3,5,7H,4,6,12H2,1H3. The van der Waals surface area contributed by atoms with Crippen molar-refractivity contribution in [1.29, 1.82) is 0 Å². The highest BCUT2D eigenvalue weighted by molar-refractivity contribution is 7.17. The second-order valence-electron chi connectivity index (χ2n) is 3.12. The van der Waals surface area contributed by atoms with Gasteiger partial charge in [0.15, 0.2) is 0 Å². The summed E-state index contributed by atoms with van der Waals surface area (Å²) < 4.78 is 6.62. The molecule has 0 radical (unpaired) electrons. The van der Waals surface area contributed by atoms with Gasteiger partial charge >= 0.3 is 0 Å². The Labute approximate surface area is 87.3 Å². The van der Waals surface area contributed by atoms with Gasteiger partial charge in [-0.15, -0.1) is 11.3 Å². The SMILES string of the molecule is COc1ccc2sccc2c1CCN. The fourth-order valence-corrected chi connectivity index (χ4v) is 2.49. The third-order valence-corrected chi connectivity index (χ3v) is 3.20. The van der Waals surface area contributed by atoms with Crippen LogP contribution in [0.3, 0.4) is 0 Å². The van der Waals surface area contributed by atoms with Crippen LogP contribution in [0.5, 0.6) is 5.75 Å². The van der Waals surface area contributed by atoms with Crippen molar-refractivity contribution in [3.8, 4) is 5.75 Å². The van der Waals surface area contributed by atoms with Gasteiger partial charge in [0, 0.05) is 10.3 Å². The lowest BCUT2D eigenvalue weighted by Crippen LogP contribution is -2.04. The minimum Gasteiger partial charge on any atom is -0.496 e. The highest BCUT2D eigenvalue weighted by atomic mass is 32.1. The summed E-state index contributed by atoms with van der Waals surface area (Å²) in [6, 6.07) is 6.25. The normalized spacial score (nSPS) is 10.7. The highest BCUT2D eigenvalue weighted by Crippen LogP contribution is 2.31. The number of methoxy groups -OCH3 is 1. The van der Waals surface area contributed by atoms with Gasteiger partial charge in [0.25, 0.3) is 0 Å². The Morgan fingerprint density at radius 1 is 1.36 bits per heavy atom. The van der Waals surface area contributed by atoms with Crippen molar-refractivity contribution >= 4 is 21.4 Å². The van der Waals surface area contributed by atoms with Crippen LogP contribution >= 0.6 is 11.3 Å². The van der Waals surface area contributed by atoms with Crippen molar-refractivity contribution < 1.29 is 4.74 Å². The predicted molar refractivity (Wildman–Crippen MR) is 61.1 cm³/mol. The average Bonchev–Trinajstić information content (AvgIpc) is 2.67. The molecule has 0 saturated carbocycles. The van der Waals surface area contributed by atoms with E-state index in [1.54, 1.807) is 18.4 Å². The minimum absolute atomic E-state index is 0.658. The molecule has 1 aromatic heterocycles. The topological polar surface area (TPSA) is 35.2 Å². The van der Waals surface area contributed by atoms with Crippen molar-refractivity contribution in [2.75, 3.05) is 13.7 Å². The third-order valence-electron chi connectivity index (χ3n) is 2.32. The average molecular weight is 207 g/mol. The Hall–Kier alpha value is -1.06. The van der Waals surface area contributed by atoms with Gasteiger partial charge < -0.3 is 10.5 Å². The summed E-state index contributed by atoms with van der Waals surface area (Å²) in [6.07, 6.45) is 0.872. The van der Waals surface area contributed by atoms with E-state index in [4.69, 9.17) is 10.5 Å². The lowest BCUT2D eigenvalue weighted by Gasteiger charge is -2.08. The molecule has 3 heteroatoms. The first-order valence-electron chi connectivity index (χ1n) is 4.60. The highest BCUT2D eigenvalue weighted by Gasteiger charge is 2.07. The van der Waals surface area contributed by atoms with Crippen LogP contribution < -0.4 is 10.5 Å². The van der Waals surface area contributed by atoms with Gasteiger partial charge in [-0.3, -0.25) is 0 Å². The van der Waals surface area contributed by atoms with Gasteiger partial charge in [-0.25, -0.2) is 0 Å². The van der Waals surface area contributed by atoms with Crippen molar-refractivity contribution in [2.45, 2.75) is 6.42 Å². The van der Waals surface area contributed by atoms with E-state index < -0.39 is 0 Å². The Bertz CT molecular complexity index is 436. The van der Waals surface area contributed by atoms with Crippen LogP contribution in [0, 0.1) is 0 Å². The van der Waals surface area contributed by atoms with E-state index in [0.29, 0.717) is 6.54 Å². The monoisotopic (exact) mass is 207 g/mol. The van der Waals surface area contributed by atoms with E-state index in [2.05, 4.69) is 17.5 Å². The molecule has 1 heterocycles. The number of hydrogen-bond acceptors (Lipinski definition) is 3. The van der Waals surface area contributed by atoms with E-state index in [9.17, 15) is 0 Å². The maximum Gasteiger partial charge on any atom is 0.122 e. The Morgan fingerprint density at radius 2 is 2.21 bits per heavy atom. The molecule has 2 aromatic rings. The van der Waals surface area contributed by atoms with Gasteiger partial charge in [0.1, 0.15) is 5.75 Å². The van der Waals surface area contributed by atoms with Crippen LogP contribution in [-0.4, -0.2) is 13.7 Å². The minimum atomic E-state index is 0.658. The zero-order valence-corrected chi connectivity index (χ0v) is 8.93. The summed E-state index contributed by atoms with van der Waals surface area (Å²) >= 11 is 1.75. The van der Waals surface area contributed by atoms with Crippen molar-refractivity contribution in [2.24, 2.45) is 5.73 Å². The molecule has 0 aliphatic rings. The molecule has 0 fully saturated rings. The molecule has 0 aliphatic heterocycles. The zero-order chi connectivity index (χ0) is 9.97. The molecular formula is C11H13NOS. The summed E-state index contributed by atoms with van der Waals surface area (Å²) in [5.41, 5.74) is 6.82. The van der Waals surface area contributed by atoms with Crippen LogP contribution in [0.15, 0.2) is 23.6 Å². The summed E-state index contributed by atoms with van der Waals surface area (Å²) in [7, 11) is 1.70. The number of nitrogens with two attached hydrogens (primary N) is 1. The summed E-state index contributed by atoms with van der Waals surface area (Å²) in [6.45, 7) is 0.658. The molecule has 2 rings (SSSR count). The number of hydrogen-bond donors (Lipinski definition) is 1. The van der Waals surface area contributed by atoms with E-state index in [0.717, 1.165) is 12.2 Å². The van der Waals surface area contributed by atoms with Crippen LogP contribution in [0.2, 0.25) is 0 Å². The Balaban J connectivity index is 2.62. The van der Waals surface area contributed by atoms with Crippen molar-refractivity contribution in [3.05, 3.63) is 29.1 Å². The lowest BCUT2D eigenvalue weighted by molar-refractivity contribution is 0.410. The molecular weight excluding hydrogens is 194 g/mol. The van der Waals surface area contributed by atoms with Gasteiger partial charge in [-0.1, -0.05) is 0 Å². The maximum atomic E-state index is 5.59. The van der Waals surface area contributed by atoms with Gasteiger partial charge in [-0.05, 0) is 41.9 Å². The number of ether oxygens (including phenoxy) is 1. The largest absolute Gasteiger partial charge is 0.496 e. The van der Waals surface area contributed by atoms with Crippen LogP contribution in [0.1, 0.15) is 5.56 Å². The van der Waals surface area contributed by atoms with Crippen molar-refractivity contribution in [1.82, 2.24) is 0 Å². The quantitative estimate of drug-likeness (QED) is 0.838. The zero-order valence-electron chi connectivity index (χ0n) is 8.12. The molecule has 0 atom stereocenters. The van der Waals surface area contributed by atoms with E-state index in [-0.39, 0.29) is 0 Å². The van der Waals surface area contributed by atoms with E-state index >= 15 is 0 Å². The first-order valence-corrected chi connectivity index (χ1v) is 5.48. The second kappa shape index (κ2) is 3.98. The van der Waals surface area contributed by atoms with E-state index in [1.807, 2.05) is 6.07 Å². The summed E-state index contributed by atoms with van der Waals surface area (Å²) in [5.74, 6) is 0.946. The molecule has 14 heavy (non-hydrogen) atoms. The molecule has 1 aromatic carbocycles. The number of thiophene rings is 1. The number of rotatable bonds is 3. The Kier molecular flexibility index (Phi) is 2.70. The molecule has 2 N–H and O–H groups in total. The molecule has 0 bridgehead atoms. The fraction of sp³-hybridized carbons (Fsp3) is 0.273. The number of benzene rings is 1. The fourth-order valence-electron chi connectivity index (χ4n) is 1.68. The molecule has 74 valence electrons. The summed E-state index contributed by atoms with van der Waals surface area (Å²) in [5, 5.41) is 3.38. The molecule has 2 nitrogen and oxygen atoms in total. The van der Waals surface area contributed by atoms with E-state index in [1.165, 1.54) is 15.6 Å². The maximum absolute atomic E-state index is 5.59. The van der Waals surface area contributed by atoms with Gasteiger partial charge in [0.2, 0.25) is 0 Å². The lowest BCUT2D eigenvalue weighted by atomic mass is 10.1. The van der Waals surface area contributed by atoms with Gasteiger partial charge in [0.05, 0.1) is 7.11 Å². The first kappa shape index (κ1) is 9.49. The smallest absolute Gasteiger partial charge is 0.122 e. The van der Waals surface area contributed by atoms with Crippen LogP contribution in [0.4, 0.5) is 0 Å². The summed E-state index contributed by atoms with van der Waals surface area (Å²) in [4.78, 5) is 0. The van der Waals surface area contributed by atoms with Crippen molar-refractivity contribution in [3.63, 3.8) is 0 Å². The molecule has 0 spiro atoms. The molecule has 0 unspecified atom stereocenters. The predicted octanol–water partition coefficient (Wildman–Crippen LogP) is 2.41. The van der Waals surface area contributed by atoms with Crippen LogP contribution in [0.25, 0.3) is 10.1 Å². The Morgan fingerprint density at radius 3 is 2.93 bits per heavy atom.